The fourth-order valence-electron chi connectivity index (χ4n) is 9.49. The minimum Gasteiger partial charge on any atom is -0.310 e. The van der Waals surface area contributed by atoms with Crippen molar-refractivity contribution in [2.75, 3.05) is 4.90 Å². The summed E-state index contributed by atoms with van der Waals surface area (Å²) in [7, 11) is 0. The maximum absolute atomic E-state index is 2.48. The van der Waals surface area contributed by atoms with Gasteiger partial charge in [0.25, 0.3) is 0 Å². The van der Waals surface area contributed by atoms with Crippen LogP contribution in [0.1, 0.15) is 0 Å². The molecule has 0 heterocycles. The smallest absolute Gasteiger partial charge is 0.0540 e. The second-order valence-corrected chi connectivity index (χ2v) is 14.8. The molecule has 12 aromatic rings. The molecule has 0 saturated heterocycles. The van der Waals surface area contributed by atoms with Gasteiger partial charge in [0, 0.05) is 16.9 Å². The summed E-state index contributed by atoms with van der Waals surface area (Å²) in [5.74, 6) is 0. The first-order valence-corrected chi connectivity index (χ1v) is 19.1. The normalized spacial score (nSPS) is 12.0. The molecule has 0 atom stereocenters. The van der Waals surface area contributed by atoms with Crippen LogP contribution in [0.4, 0.5) is 17.1 Å². The highest BCUT2D eigenvalue weighted by molar-refractivity contribution is 6.37. The minimum atomic E-state index is 1.12. The largest absolute Gasteiger partial charge is 0.310 e. The number of anilines is 3. The third kappa shape index (κ3) is 4.48. The molecule has 0 aromatic heterocycles. The zero-order valence-corrected chi connectivity index (χ0v) is 30.0. The van der Waals surface area contributed by atoms with Crippen molar-refractivity contribution in [3.8, 4) is 11.1 Å². The van der Waals surface area contributed by atoms with E-state index in [1.54, 1.807) is 0 Å². The van der Waals surface area contributed by atoms with Crippen LogP contribution in [0.2, 0.25) is 0 Å². The molecule has 0 bridgehead atoms. The fourth-order valence-corrected chi connectivity index (χ4v) is 9.49. The van der Waals surface area contributed by atoms with Gasteiger partial charge in [-0.25, -0.2) is 0 Å². The summed E-state index contributed by atoms with van der Waals surface area (Å²) in [6.45, 7) is 0. The van der Waals surface area contributed by atoms with E-state index >= 15 is 0 Å². The monoisotopic (exact) mass is 695 g/mol. The molecule has 0 aliphatic rings. The van der Waals surface area contributed by atoms with Crippen LogP contribution in [0.3, 0.4) is 0 Å². The lowest BCUT2D eigenvalue weighted by atomic mass is 9.87. The van der Waals surface area contributed by atoms with E-state index in [0.717, 1.165) is 17.1 Å². The predicted octanol–water partition coefficient (Wildman–Crippen LogP) is 15.5. The molecule has 1 nitrogen and oxygen atoms in total. The van der Waals surface area contributed by atoms with Crippen molar-refractivity contribution in [1.82, 2.24) is 0 Å². The molecule has 0 saturated carbocycles. The zero-order valence-electron chi connectivity index (χ0n) is 30.0. The Bertz CT molecular complexity index is 3480. The Kier molecular flexibility index (Phi) is 6.40. The summed E-state index contributed by atoms with van der Waals surface area (Å²) in [4.78, 5) is 2.48. The molecule has 0 fully saturated rings. The van der Waals surface area contributed by atoms with Gasteiger partial charge < -0.3 is 4.90 Å². The van der Waals surface area contributed by atoms with E-state index in [1.165, 1.54) is 97.3 Å². The van der Waals surface area contributed by atoms with Gasteiger partial charge in [-0.15, -0.1) is 0 Å². The summed E-state index contributed by atoms with van der Waals surface area (Å²) in [6, 6.07) is 74.4. The van der Waals surface area contributed by atoms with Crippen LogP contribution in [0.5, 0.6) is 0 Å². The molecule has 254 valence electrons. The zero-order chi connectivity index (χ0) is 36.0. The summed E-state index contributed by atoms with van der Waals surface area (Å²) in [5, 5.41) is 20.4. The van der Waals surface area contributed by atoms with Crippen LogP contribution in [-0.4, -0.2) is 0 Å². The van der Waals surface area contributed by atoms with Crippen LogP contribution in [-0.2, 0) is 0 Å². The lowest BCUT2D eigenvalue weighted by Gasteiger charge is -2.29. The van der Waals surface area contributed by atoms with Crippen molar-refractivity contribution in [2.24, 2.45) is 0 Å². The van der Waals surface area contributed by atoms with Crippen LogP contribution < -0.4 is 4.90 Å². The number of fused-ring (bicyclic) bond motifs is 5. The van der Waals surface area contributed by atoms with Crippen LogP contribution in [0.15, 0.2) is 200 Å². The first-order chi connectivity index (χ1) is 27.3. The van der Waals surface area contributed by atoms with Gasteiger partial charge in [-0.3, -0.25) is 0 Å². The Morgan fingerprint density at radius 1 is 0.255 bits per heavy atom. The lowest BCUT2D eigenvalue weighted by molar-refractivity contribution is 1.30. The number of hydrogen-bond acceptors (Lipinski definition) is 1. The van der Waals surface area contributed by atoms with E-state index in [0.29, 0.717) is 0 Å². The molecular formula is C54H33N. The molecule has 0 radical (unpaired) electrons. The predicted molar refractivity (Wildman–Crippen MR) is 238 cm³/mol. The van der Waals surface area contributed by atoms with Crippen LogP contribution in [0, 0.1) is 0 Å². The van der Waals surface area contributed by atoms with E-state index in [9.17, 15) is 0 Å². The highest BCUT2D eigenvalue weighted by Gasteiger charge is 2.21. The Labute approximate surface area is 318 Å². The summed E-state index contributed by atoms with van der Waals surface area (Å²) in [6.07, 6.45) is 0. The quantitative estimate of drug-likeness (QED) is 0.166. The van der Waals surface area contributed by atoms with E-state index in [1.807, 2.05) is 0 Å². The maximum Gasteiger partial charge on any atom is 0.0540 e. The van der Waals surface area contributed by atoms with E-state index in [4.69, 9.17) is 0 Å². The third-order valence-corrected chi connectivity index (χ3v) is 11.9. The SMILES string of the molecule is c1ccc(-c2ccccc2N(c2ccc3c(ccc4ccccc43)c2)c2cc3ccc4cccc5c6cccc7ccc8cccc(c(c2)c3c45)c8c76)cc1. The number of rotatable bonds is 4. The lowest BCUT2D eigenvalue weighted by Crippen LogP contribution is -2.11. The van der Waals surface area contributed by atoms with Gasteiger partial charge in [-0.2, -0.15) is 0 Å². The maximum atomic E-state index is 2.48. The van der Waals surface area contributed by atoms with Crippen molar-refractivity contribution in [3.05, 3.63) is 200 Å². The van der Waals surface area contributed by atoms with Crippen molar-refractivity contribution in [1.29, 1.82) is 0 Å². The summed E-state index contributed by atoms with van der Waals surface area (Å²) >= 11 is 0. The van der Waals surface area contributed by atoms with Crippen molar-refractivity contribution in [2.45, 2.75) is 0 Å². The van der Waals surface area contributed by atoms with Gasteiger partial charge >= 0.3 is 0 Å². The van der Waals surface area contributed by atoms with Gasteiger partial charge in [-0.05, 0) is 122 Å². The highest BCUT2D eigenvalue weighted by Crippen LogP contribution is 2.48. The molecule has 0 spiro atoms. The first-order valence-electron chi connectivity index (χ1n) is 19.1. The van der Waals surface area contributed by atoms with Crippen molar-refractivity contribution < 1.29 is 0 Å². The summed E-state index contributed by atoms with van der Waals surface area (Å²) < 4.78 is 0. The van der Waals surface area contributed by atoms with E-state index in [2.05, 4.69) is 205 Å². The molecule has 12 rings (SSSR count). The van der Waals surface area contributed by atoms with Crippen LogP contribution in [0.25, 0.3) is 97.3 Å². The van der Waals surface area contributed by atoms with Gasteiger partial charge in [-0.1, -0.05) is 170 Å². The van der Waals surface area contributed by atoms with Gasteiger partial charge in [0.1, 0.15) is 0 Å². The minimum absolute atomic E-state index is 1.12. The average molecular weight is 696 g/mol. The molecule has 0 aliphatic carbocycles. The van der Waals surface area contributed by atoms with Gasteiger partial charge in [0.15, 0.2) is 0 Å². The highest BCUT2D eigenvalue weighted by atomic mass is 15.1. The number of para-hydroxylation sites is 1. The molecule has 0 aliphatic heterocycles. The first kappa shape index (κ1) is 30.3. The Morgan fingerprint density at radius 3 is 1.47 bits per heavy atom. The number of nitrogens with zero attached hydrogens (tertiary/aromatic N) is 1. The standard InChI is InChI=1S/C54H33N/c1-2-11-34(12-3-1)45-18-6-7-22-50(45)55(41-29-30-44-39(31-41)27-23-35-13-4-5-17-43(35)44)42-32-40-28-26-38-15-9-20-47-46-19-8-14-36-24-25-37-16-10-21-48(53(37)51(36)46)49(33-42)54(40)52(38)47/h1-33H. The molecule has 0 amide bonds. The Morgan fingerprint density at radius 2 is 0.745 bits per heavy atom. The average Bonchev–Trinajstić information content (AvgIpc) is 3.25. The second kappa shape index (κ2) is 11.6. The summed E-state index contributed by atoms with van der Waals surface area (Å²) in [5.41, 5.74) is 5.76. The Balaban J connectivity index is 1.25. The third-order valence-electron chi connectivity index (χ3n) is 11.9. The second-order valence-electron chi connectivity index (χ2n) is 14.8. The molecule has 0 unspecified atom stereocenters. The van der Waals surface area contributed by atoms with Crippen LogP contribution >= 0.6 is 0 Å². The Hall–Kier alpha value is -7.22. The van der Waals surface area contributed by atoms with Gasteiger partial charge in [0.2, 0.25) is 0 Å². The molecule has 12 aromatic carbocycles. The van der Waals surface area contributed by atoms with Crippen molar-refractivity contribution in [3.63, 3.8) is 0 Å². The molecule has 0 N–H and O–H groups in total. The fraction of sp³-hybridized carbons (Fsp3) is 0. The number of hydrogen-bond donors (Lipinski definition) is 0. The van der Waals surface area contributed by atoms with E-state index < -0.39 is 0 Å². The number of benzene rings is 11. The molecule has 1 heteroatoms. The molecule has 55 heavy (non-hydrogen) atoms. The van der Waals surface area contributed by atoms with E-state index in [-0.39, 0.29) is 0 Å². The van der Waals surface area contributed by atoms with Crippen molar-refractivity contribution >= 4 is 103 Å². The molecular weight excluding hydrogens is 663 g/mol. The topological polar surface area (TPSA) is 3.24 Å². The van der Waals surface area contributed by atoms with Gasteiger partial charge in [0.05, 0.1) is 5.69 Å².